The highest BCUT2D eigenvalue weighted by molar-refractivity contribution is 5.85. The van der Waals surface area contributed by atoms with Gasteiger partial charge in [0.25, 0.3) is 0 Å². The molecule has 7 nitrogen and oxygen atoms in total. The number of aromatic nitrogens is 2. The largest absolute Gasteiger partial charge is 0.476 e. The number of hydrogen-bond donors (Lipinski definition) is 2. The molecular formula is C16H16N4O3. The van der Waals surface area contributed by atoms with Crippen molar-refractivity contribution in [3.63, 3.8) is 0 Å². The number of urea groups is 1. The lowest BCUT2D eigenvalue weighted by molar-refractivity contribution is 0.0690. The Morgan fingerprint density at radius 2 is 1.78 bits per heavy atom. The summed E-state index contributed by atoms with van der Waals surface area (Å²) < 4.78 is 0. The number of aromatic amines is 1. The zero-order chi connectivity index (χ0) is 16.0. The summed E-state index contributed by atoms with van der Waals surface area (Å²) in [6.45, 7) is 2.49. The molecule has 1 fully saturated rings. The van der Waals surface area contributed by atoms with E-state index in [1.807, 2.05) is 17.0 Å². The summed E-state index contributed by atoms with van der Waals surface area (Å²) in [7, 11) is 0. The van der Waals surface area contributed by atoms with E-state index in [0.717, 1.165) is 5.69 Å². The Morgan fingerprint density at radius 1 is 1.13 bits per heavy atom. The maximum absolute atomic E-state index is 12.5. The van der Waals surface area contributed by atoms with Gasteiger partial charge in [0.2, 0.25) is 0 Å². The summed E-state index contributed by atoms with van der Waals surface area (Å²) in [4.78, 5) is 27.0. The maximum atomic E-state index is 12.5. The van der Waals surface area contributed by atoms with E-state index in [1.165, 1.54) is 11.1 Å². The Hall–Kier alpha value is -2.83. The minimum absolute atomic E-state index is 0.0137. The Bertz CT molecular complexity index is 754. The molecule has 23 heavy (non-hydrogen) atoms. The average Bonchev–Trinajstić information content (AvgIpc) is 3.12. The van der Waals surface area contributed by atoms with Crippen LogP contribution >= 0.6 is 0 Å². The van der Waals surface area contributed by atoms with E-state index in [2.05, 4.69) is 22.3 Å². The molecule has 0 atom stereocenters. The summed E-state index contributed by atoms with van der Waals surface area (Å²) in [5.41, 5.74) is 3.20. The van der Waals surface area contributed by atoms with Crippen LogP contribution in [0, 0.1) is 0 Å². The van der Waals surface area contributed by atoms with Crippen molar-refractivity contribution in [1.82, 2.24) is 20.0 Å². The maximum Gasteiger partial charge on any atom is 0.356 e. The quantitative estimate of drug-likeness (QED) is 0.882. The predicted octanol–water partition coefficient (Wildman–Crippen LogP) is 1.64. The standard InChI is InChI=1S/C16H16N4O3/c21-15(22)14-5-13(17-18-14)12-8-20(9-12)16(23)19-6-10-3-1-2-4-11(10)7-19/h1-5,12H,6-9H2,(H,17,18)(H,21,22). The minimum atomic E-state index is -1.05. The van der Waals surface area contributed by atoms with Gasteiger partial charge < -0.3 is 14.9 Å². The monoisotopic (exact) mass is 312 g/mol. The van der Waals surface area contributed by atoms with Crippen LogP contribution in [0.2, 0.25) is 0 Å². The van der Waals surface area contributed by atoms with Crippen LogP contribution in [0.5, 0.6) is 0 Å². The van der Waals surface area contributed by atoms with Crippen LogP contribution in [-0.2, 0) is 13.1 Å². The molecule has 0 saturated carbocycles. The average molecular weight is 312 g/mol. The normalized spacial score (nSPS) is 17.0. The molecule has 2 aliphatic heterocycles. The fourth-order valence-electron chi connectivity index (χ4n) is 3.16. The van der Waals surface area contributed by atoms with E-state index >= 15 is 0 Å². The van der Waals surface area contributed by atoms with Crippen molar-refractivity contribution >= 4 is 12.0 Å². The Balaban J connectivity index is 1.37. The number of aromatic carboxylic acids is 1. The molecule has 2 aromatic rings. The molecule has 1 saturated heterocycles. The van der Waals surface area contributed by atoms with E-state index in [9.17, 15) is 9.59 Å². The van der Waals surface area contributed by atoms with Crippen molar-refractivity contribution in [2.45, 2.75) is 19.0 Å². The topological polar surface area (TPSA) is 89.5 Å². The third-order valence-electron chi connectivity index (χ3n) is 4.52. The number of likely N-dealkylation sites (tertiary alicyclic amines) is 1. The number of carbonyl (C=O) groups excluding carboxylic acids is 1. The van der Waals surface area contributed by atoms with Gasteiger partial charge in [-0.1, -0.05) is 24.3 Å². The molecule has 0 bridgehead atoms. The third-order valence-corrected chi connectivity index (χ3v) is 4.52. The van der Waals surface area contributed by atoms with Gasteiger partial charge in [0.05, 0.1) is 0 Å². The highest BCUT2D eigenvalue weighted by Gasteiger charge is 2.36. The summed E-state index contributed by atoms with van der Waals surface area (Å²) in [5.74, 6) is -0.917. The molecule has 0 aliphatic carbocycles. The summed E-state index contributed by atoms with van der Waals surface area (Å²) in [5, 5.41) is 15.4. The zero-order valence-corrected chi connectivity index (χ0v) is 12.4. The molecule has 7 heteroatoms. The van der Waals surface area contributed by atoms with Gasteiger partial charge >= 0.3 is 12.0 Å². The number of nitrogens with zero attached hydrogens (tertiary/aromatic N) is 3. The number of H-pyrrole nitrogens is 1. The van der Waals surface area contributed by atoms with Crippen LogP contribution in [0.3, 0.4) is 0 Å². The van der Waals surface area contributed by atoms with Gasteiger partial charge in [-0.2, -0.15) is 5.10 Å². The van der Waals surface area contributed by atoms with Crippen LogP contribution in [0.25, 0.3) is 0 Å². The summed E-state index contributed by atoms with van der Waals surface area (Å²) in [6, 6.07) is 9.67. The van der Waals surface area contributed by atoms with Crippen LogP contribution < -0.4 is 0 Å². The third kappa shape index (κ3) is 2.34. The van der Waals surface area contributed by atoms with Crippen molar-refractivity contribution in [1.29, 1.82) is 0 Å². The highest BCUT2D eigenvalue weighted by atomic mass is 16.4. The van der Waals surface area contributed by atoms with Crippen molar-refractivity contribution in [2.75, 3.05) is 13.1 Å². The van der Waals surface area contributed by atoms with Crippen molar-refractivity contribution in [3.8, 4) is 0 Å². The number of benzene rings is 1. The molecular weight excluding hydrogens is 296 g/mol. The molecule has 2 aliphatic rings. The second-order valence-corrected chi connectivity index (χ2v) is 6.02. The Labute approximate surface area is 132 Å². The molecule has 3 heterocycles. The van der Waals surface area contributed by atoms with Crippen molar-refractivity contribution in [2.24, 2.45) is 0 Å². The van der Waals surface area contributed by atoms with E-state index in [0.29, 0.717) is 26.2 Å². The number of carboxylic acids is 1. The van der Waals surface area contributed by atoms with Crippen LogP contribution in [0.1, 0.15) is 33.2 Å². The van der Waals surface area contributed by atoms with Crippen molar-refractivity contribution < 1.29 is 14.7 Å². The van der Waals surface area contributed by atoms with Crippen molar-refractivity contribution in [3.05, 3.63) is 52.8 Å². The van der Waals surface area contributed by atoms with E-state index < -0.39 is 5.97 Å². The predicted molar refractivity (Wildman–Crippen MR) is 80.9 cm³/mol. The SMILES string of the molecule is O=C(O)c1cc(C2CN(C(=O)N3Cc4ccccc4C3)C2)[nH]n1. The lowest BCUT2D eigenvalue weighted by Gasteiger charge is -2.40. The van der Waals surface area contributed by atoms with Gasteiger partial charge in [-0.25, -0.2) is 9.59 Å². The summed E-state index contributed by atoms with van der Waals surface area (Å²) in [6.07, 6.45) is 0. The van der Waals surface area contributed by atoms with E-state index in [4.69, 9.17) is 5.11 Å². The molecule has 0 radical (unpaired) electrons. The first kappa shape index (κ1) is 13.8. The van der Waals surface area contributed by atoms with Gasteiger partial charge in [-0.05, 0) is 17.2 Å². The molecule has 0 unspecified atom stereocenters. The van der Waals surface area contributed by atoms with E-state index in [-0.39, 0.29) is 17.6 Å². The number of hydrogen-bond acceptors (Lipinski definition) is 3. The number of fused-ring (bicyclic) bond motifs is 1. The van der Waals surface area contributed by atoms with Gasteiger partial charge in [-0.15, -0.1) is 0 Å². The second kappa shape index (κ2) is 5.12. The minimum Gasteiger partial charge on any atom is -0.476 e. The fourth-order valence-corrected chi connectivity index (χ4v) is 3.16. The van der Waals surface area contributed by atoms with Crippen LogP contribution in [-0.4, -0.2) is 50.2 Å². The molecule has 4 rings (SSSR count). The second-order valence-electron chi connectivity index (χ2n) is 6.02. The number of rotatable bonds is 2. The molecule has 0 spiro atoms. The number of nitrogens with one attached hydrogen (secondary N) is 1. The summed E-state index contributed by atoms with van der Waals surface area (Å²) >= 11 is 0. The van der Waals surface area contributed by atoms with Gasteiger partial charge in [-0.3, -0.25) is 5.10 Å². The number of amides is 2. The number of carboxylic acid groups (broad SMARTS) is 1. The van der Waals surface area contributed by atoms with Gasteiger partial charge in [0.1, 0.15) is 0 Å². The number of carbonyl (C=O) groups is 2. The molecule has 1 aromatic carbocycles. The zero-order valence-electron chi connectivity index (χ0n) is 12.4. The lowest BCUT2D eigenvalue weighted by atomic mass is 9.96. The first-order valence-electron chi connectivity index (χ1n) is 7.51. The van der Waals surface area contributed by atoms with E-state index in [1.54, 1.807) is 11.0 Å². The van der Waals surface area contributed by atoms with Crippen LogP contribution in [0.15, 0.2) is 30.3 Å². The fraction of sp³-hybridized carbons (Fsp3) is 0.312. The first-order chi connectivity index (χ1) is 11.1. The molecule has 1 aromatic heterocycles. The molecule has 118 valence electrons. The van der Waals surface area contributed by atoms with Gasteiger partial charge in [0, 0.05) is 37.8 Å². The van der Waals surface area contributed by atoms with Crippen LogP contribution in [0.4, 0.5) is 4.79 Å². The smallest absolute Gasteiger partial charge is 0.356 e. The Morgan fingerprint density at radius 3 is 2.35 bits per heavy atom. The Kier molecular flexibility index (Phi) is 3.07. The van der Waals surface area contributed by atoms with Gasteiger partial charge in [0.15, 0.2) is 5.69 Å². The lowest BCUT2D eigenvalue weighted by Crippen LogP contribution is -2.52. The molecule has 2 N–H and O–H groups in total. The highest BCUT2D eigenvalue weighted by Crippen LogP contribution is 2.30. The molecule has 2 amide bonds. The first-order valence-corrected chi connectivity index (χ1v) is 7.51.